The first-order chi connectivity index (χ1) is 7.60. The van der Waals surface area contributed by atoms with Gasteiger partial charge in [0.15, 0.2) is 0 Å². The summed E-state index contributed by atoms with van der Waals surface area (Å²) in [5.74, 6) is -0.408. The predicted octanol–water partition coefficient (Wildman–Crippen LogP) is 0.304. The number of nitrogens with zero attached hydrogens (tertiary/aromatic N) is 2. The van der Waals surface area contributed by atoms with E-state index in [0.29, 0.717) is 18.1 Å². The molecule has 0 bridgehead atoms. The Hall–Kier alpha value is -1.14. The molecule has 5 nitrogen and oxygen atoms in total. The standard InChI is InChI=1S/C10H14N4OS/c11-9(15)10(12)2-1-7(5-10)16-8-6-13-3-4-14-8/h3-4,6-7H,1-2,5,12H2,(H2,11,15). The van der Waals surface area contributed by atoms with E-state index in [1.807, 2.05) is 0 Å². The van der Waals surface area contributed by atoms with Crippen LogP contribution in [0.2, 0.25) is 0 Å². The van der Waals surface area contributed by atoms with Crippen LogP contribution in [0, 0.1) is 0 Å². The first kappa shape index (κ1) is 11.3. The van der Waals surface area contributed by atoms with Crippen molar-refractivity contribution < 1.29 is 4.79 Å². The average Bonchev–Trinajstić information content (AvgIpc) is 2.63. The highest BCUT2D eigenvalue weighted by atomic mass is 32.2. The molecular formula is C10H14N4OS. The van der Waals surface area contributed by atoms with Crippen LogP contribution in [-0.4, -0.2) is 26.7 Å². The number of amides is 1. The number of carbonyl (C=O) groups is 1. The van der Waals surface area contributed by atoms with Crippen molar-refractivity contribution in [1.29, 1.82) is 0 Å². The number of aromatic nitrogens is 2. The summed E-state index contributed by atoms with van der Waals surface area (Å²) >= 11 is 1.61. The van der Waals surface area contributed by atoms with E-state index in [9.17, 15) is 4.79 Å². The molecule has 1 aliphatic carbocycles. The second-order valence-electron chi connectivity index (χ2n) is 4.05. The van der Waals surface area contributed by atoms with Crippen LogP contribution in [-0.2, 0) is 4.79 Å². The van der Waals surface area contributed by atoms with E-state index in [-0.39, 0.29) is 0 Å². The first-order valence-corrected chi connectivity index (χ1v) is 5.99. The van der Waals surface area contributed by atoms with Gasteiger partial charge in [0.25, 0.3) is 0 Å². The van der Waals surface area contributed by atoms with E-state index in [4.69, 9.17) is 11.5 Å². The van der Waals surface area contributed by atoms with Crippen molar-refractivity contribution >= 4 is 17.7 Å². The molecule has 1 saturated carbocycles. The van der Waals surface area contributed by atoms with Gasteiger partial charge in [-0.15, -0.1) is 11.8 Å². The lowest BCUT2D eigenvalue weighted by Gasteiger charge is -2.19. The highest BCUT2D eigenvalue weighted by Gasteiger charge is 2.40. The highest BCUT2D eigenvalue weighted by molar-refractivity contribution is 7.99. The van der Waals surface area contributed by atoms with E-state index in [0.717, 1.165) is 11.4 Å². The third kappa shape index (κ3) is 2.33. The van der Waals surface area contributed by atoms with Gasteiger partial charge >= 0.3 is 0 Å². The van der Waals surface area contributed by atoms with Crippen molar-refractivity contribution in [1.82, 2.24) is 9.97 Å². The summed E-state index contributed by atoms with van der Waals surface area (Å²) < 4.78 is 0. The quantitative estimate of drug-likeness (QED) is 0.790. The van der Waals surface area contributed by atoms with Crippen LogP contribution < -0.4 is 11.5 Å². The zero-order chi connectivity index (χ0) is 11.6. The Morgan fingerprint density at radius 2 is 2.38 bits per heavy atom. The molecule has 0 saturated heterocycles. The Kier molecular flexibility index (Phi) is 3.11. The summed E-state index contributed by atoms with van der Waals surface area (Å²) in [6.45, 7) is 0. The zero-order valence-corrected chi connectivity index (χ0v) is 9.61. The minimum absolute atomic E-state index is 0.300. The van der Waals surface area contributed by atoms with Crippen molar-refractivity contribution in [2.75, 3.05) is 0 Å². The summed E-state index contributed by atoms with van der Waals surface area (Å²) in [5, 5.41) is 1.16. The van der Waals surface area contributed by atoms with Gasteiger partial charge < -0.3 is 11.5 Å². The van der Waals surface area contributed by atoms with Gasteiger partial charge in [0.1, 0.15) is 5.03 Å². The highest BCUT2D eigenvalue weighted by Crippen LogP contribution is 2.37. The van der Waals surface area contributed by atoms with Crippen LogP contribution >= 0.6 is 11.8 Å². The topological polar surface area (TPSA) is 94.9 Å². The van der Waals surface area contributed by atoms with Crippen LogP contribution in [0.1, 0.15) is 19.3 Å². The Bertz CT molecular complexity index is 386. The summed E-state index contributed by atoms with van der Waals surface area (Å²) in [6.07, 6.45) is 7.16. The van der Waals surface area contributed by atoms with Gasteiger partial charge in [-0.1, -0.05) is 0 Å². The molecule has 0 aromatic carbocycles. The van der Waals surface area contributed by atoms with E-state index in [1.165, 1.54) is 0 Å². The van der Waals surface area contributed by atoms with Crippen molar-refractivity contribution in [3.8, 4) is 0 Å². The number of nitrogens with two attached hydrogens (primary N) is 2. The van der Waals surface area contributed by atoms with Gasteiger partial charge in [0.2, 0.25) is 5.91 Å². The molecule has 1 heterocycles. The Morgan fingerprint density at radius 1 is 1.56 bits per heavy atom. The monoisotopic (exact) mass is 238 g/mol. The molecular weight excluding hydrogens is 224 g/mol. The van der Waals surface area contributed by atoms with Crippen LogP contribution in [0.3, 0.4) is 0 Å². The van der Waals surface area contributed by atoms with Gasteiger partial charge in [0, 0.05) is 17.6 Å². The van der Waals surface area contributed by atoms with Crippen LogP contribution in [0.5, 0.6) is 0 Å². The normalized spacial score (nSPS) is 29.2. The molecule has 1 aromatic rings. The third-order valence-corrected chi connectivity index (χ3v) is 4.01. The molecule has 1 amide bonds. The number of primary amides is 1. The van der Waals surface area contributed by atoms with Crippen molar-refractivity contribution in [2.24, 2.45) is 11.5 Å². The lowest BCUT2D eigenvalue weighted by molar-refractivity contribution is -0.122. The largest absolute Gasteiger partial charge is 0.368 e. The van der Waals surface area contributed by atoms with Gasteiger partial charge in [-0.25, -0.2) is 4.98 Å². The number of carbonyl (C=O) groups excluding carboxylic acids is 1. The molecule has 2 unspecified atom stereocenters. The number of thioether (sulfide) groups is 1. The second kappa shape index (κ2) is 4.39. The minimum Gasteiger partial charge on any atom is -0.368 e. The maximum atomic E-state index is 11.2. The number of hydrogen-bond donors (Lipinski definition) is 2. The van der Waals surface area contributed by atoms with Crippen molar-refractivity contribution in [3.05, 3.63) is 18.6 Å². The van der Waals surface area contributed by atoms with Gasteiger partial charge in [-0.05, 0) is 19.3 Å². The molecule has 0 aliphatic heterocycles. The molecule has 16 heavy (non-hydrogen) atoms. The van der Waals surface area contributed by atoms with Crippen molar-refractivity contribution in [2.45, 2.75) is 35.1 Å². The van der Waals surface area contributed by atoms with E-state index >= 15 is 0 Å². The Balaban J connectivity index is 1.98. The SMILES string of the molecule is NC(=O)C1(N)CCC(Sc2cnccn2)C1. The lowest BCUT2D eigenvalue weighted by atomic mass is 9.99. The Morgan fingerprint density at radius 3 is 2.94 bits per heavy atom. The van der Waals surface area contributed by atoms with Gasteiger partial charge in [0.05, 0.1) is 11.7 Å². The maximum absolute atomic E-state index is 11.2. The van der Waals surface area contributed by atoms with Crippen molar-refractivity contribution in [3.63, 3.8) is 0 Å². The molecule has 2 rings (SSSR count). The van der Waals surface area contributed by atoms with Crippen LogP contribution in [0.4, 0.5) is 0 Å². The minimum atomic E-state index is -0.833. The fourth-order valence-electron chi connectivity index (χ4n) is 1.87. The van der Waals surface area contributed by atoms with Gasteiger partial charge in [-0.3, -0.25) is 9.78 Å². The number of rotatable bonds is 3. The molecule has 0 spiro atoms. The lowest BCUT2D eigenvalue weighted by Crippen LogP contribution is -2.50. The molecule has 86 valence electrons. The second-order valence-corrected chi connectivity index (χ2v) is 5.37. The van der Waals surface area contributed by atoms with Crippen LogP contribution in [0.25, 0.3) is 0 Å². The summed E-state index contributed by atoms with van der Waals surface area (Å²) in [5.41, 5.74) is 10.4. The predicted molar refractivity (Wildman–Crippen MR) is 61.6 cm³/mol. The van der Waals surface area contributed by atoms with E-state index < -0.39 is 11.4 Å². The first-order valence-electron chi connectivity index (χ1n) is 5.12. The molecule has 1 fully saturated rings. The fourth-order valence-corrected chi connectivity index (χ4v) is 3.07. The van der Waals surface area contributed by atoms with Gasteiger partial charge in [-0.2, -0.15) is 0 Å². The van der Waals surface area contributed by atoms with E-state index in [2.05, 4.69) is 9.97 Å². The maximum Gasteiger partial charge on any atom is 0.237 e. The fraction of sp³-hybridized carbons (Fsp3) is 0.500. The molecule has 1 aliphatic rings. The summed E-state index contributed by atoms with van der Waals surface area (Å²) in [7, 11) is 0. The smallest absolute Gasteiger partial charge is 0.237 e. The average molecular weight is 238 g/mol. The molecule has 4 N–H and O–H groups in total. The molecule has 6 heteroatoms. The third-order valence-electron chi connectivity index (χ3n) is 2.82. The summed E-state index contributed by atoms with van der Waals surface area (Å²) in [4.78, 5) is 19.4. The molecule has 1 aromatic heterocycles. The zero-order valence-electron chi connectivity index (χ0n) is 8.80. The Labute approximate surface area is 98.0 Å². The molecule has 0 radical (unpaired) electrons. The molecule has 2 atom stereocenters. The van der Waals surface area contributed by atoms with Crippen LogP contribution in [0.15, 0.2) is 23.6 Å². The van der Waals surface area contributed by atoms with E-state index in [1.54, 1.807) is 30.4 Å². The summed E-state index contributed by atoms with van der Waals surface area (Å²) in [6, 6.07) is 0. The number of hydrogen-bond acceptors (Lipinski definition) is 5.